The molecule has 12 heteroatoms. The lowest BCUT2D eigenvalue weighted by molar-refractivity contribution is 0.366. The van der Waals surface area contributed by atoms with Crippen LogP contribution in [0.15, 0.2) is 0 Å². The molecular weight excluding hydrogens is 572 g/mol. The van der Waals surface area contributed by atoms with Crippen molar-refractivity contribution < 1.29 is 37.4 Å². The summed E-state index contributed by atoms with van der Waals surface area (Å²) in [5.74, 6) is 0. The molecule has 0 nitrogen and oxygen atoms in total. The van der Waals surface area contributed by atoms with Crippen LogP contribution < -0.4 is 0 Å². The van der Waals surface area contributed by atoms with E-state index in [2.05, 4.69) is 0 Å². The minimum absolute atomic E-state index is 0. The van der Waals surface area contributed by atoms with Gasteiger partial charge in [-0.15, -0.1) is 15.8 Å². The fraction of sp³-hybridized carbons (Fsp3) is 1.00. The van der Waals surface area contributed by atoms with Crippen molar-refractivity contribution in [2.45, 2.75) is 164 Å². The van der Waals surface area contributed by atoms with Crippen molar-refractivity contribution in [2.75, 3.05) is 12.3 Å². The molecule has 0 N–H and O–H groups in total. The second-order valence-corrected chi connectivity index (χ2v) is 18.2. The fourth-order valence-corrected chi connectivity index (χ4v) is 15.5. The lowest BCUT2D eigenvalue weighted by Gasteiger charge is -2.40. The summed E-state index contributed by atoms with van der Waals surface area (Å²) < 4.78 is 78.0. The highest BCUT2D eigenvalue weighted by Crippen LogP contribution is 2.58. The Kier molecular flexibility index (Phi) is 18.0. The molecular formula is C28H54B2F8P2. The Balaban J connectivity index is 0.00000122. The van der Waals surface area contributed by atoms with E-state index in [1.807, 2.05) is 0 Å². The van der Waals surface area contributed by atoms with Crippen molar-refractivity contribution in [1.82, 2.24) is 0 Å². The molecule has 0 amide bonds. The van der Waals surface area contributed by atoms with Crippen LogP contribution in [0.25, 0.3) is 0 Å². The first kappa shape index (κ1) is 36.6. The van der Waals surface area contributed by atoms with Crippen LogP contribution in [0.2, 0.25) is 0 Å². The summed E-state index contributed by atoms with van der Waals surface area (Å²) in [6, 6.07) is 0. The normalized spacial score (nSPS) is 22.9. The van der Waals surface area contributed by atoms with Crippen molar-refractivity contribution in [3.05, 3.63) is 0 Å². The molecule has 0 spiro atoms. The van der Waals surface area contributed by atoms with E-state index < -0.39 is 14.5 Å². The standard InChI is InChI=1S/C28H52P2.2BF4/c1-5-15-25(16-6-1)29(26-17-7-2-8-18-26)23-13-14-24-30(27-19-9-3-10-20-27)28-21-11-4-12-22-28;2*2-1(3,4)5/h25-28H,1-24H2;;/q;2*-1/p+2. The van der Waals surface area contributed by atoms with Crippen LogP contribution in [0.4, 0.5) is 34.5 Å². The maximum absolute atomic E-state index is 9.75. The lowest BCUT2D eigenvalue weighted by Crippen LogP contribution is -2.23. The summed E-state index contributed by atoms with van der Waals surface area (Å²) in [6.45, 7) is 0. The number of unbranched alkanes of at least 4 members (excludes halogenated alkanes) is 1. The summed E-state index contributed by atoms with van der Waals surface area (Å²) >= 11 is 0. The minimum Gasteiger partial charge on any atom is -0.418 e. The van der Waals surface area contributed by atoms with Gasteiger partial charge in [0.2, 0.25) is 0 Å². The molecule has 40 heavy (non-hydrogen) atoms. The van der Waals surface area contributed by atoms with E-state index in [0.717, 1.165) is 0 Å². The molecule has 238 valence electrons. The SMILES string of the molecule is C1CCC(P(CCCCP(C2CCCCC2)C2CCCCC2)C2CCCCC2)CC1.F[B-](F)(F)F.F[B-](F)(F)F.[H+].[H+]. The molecule has 0 bridgehead atoms. The molecule has 4 fully saturated rings. The molecule has 4 saturated carbocycles. The highest BCUT2D eigenvalue weighted by atomic mass is 31.1. The topological polar surface area (TPSA) is 0 Å². The summed E-state index contributed by atoms with van der Waals surface area (Å²) in [7, 11) is -11.3. The van der Waals surface area contributed by atoms with Gasteiger partial charge in [0.25, 0.3) is 0 Å². The van der Waals surface area contributed by atoms with E-state index in [9.17, 15) is 34.5 Å². The molecule has 0 saturated heterocycles. The van der Waals surface area contributed by atoms with E-state index in [0.29, 0.717) is 15.8 Å². The molecule has 4 aliphatic rings. The Bertz CT molecular complexity index is 538. The quantitative estimate of drug-likeness (QED) is 0.103. The number of hydrogen-bond donors (Lipinski definition) is 0. The second-order valence-electron chi connectivity index (χ2n) is 12.3. The molecule has 0 unspecified atom stereocenters. The van der Waals surface area contributed by atoms with Crippen LogP contribution in [0, 0.1) is 0 Å². The van der Waals surface area contributed by atoms with Gasteiger partial charge in [-0.2, -0.15) is 0 Å². The van der Waals surface area contributed by atoms with Gasteiger partial charge in [-0.25, -0.2) is 0 Å². The third kappa shape index (κ3) is 17.5. The van der Waals surface area contributed by atoms with Gasteiger partial charge in [-0.05, 0) is 99.2 Å². The van der Waals surface area contributed by atoms with E-state index >= 15 is 0 Å². The first-order valence-corrected chi connectivity index (χ1v) is 19.5. The smallest absolute Gasteiger partial charge is 0.418 e. The van der Waals surface area contributed by atoms with Gasteiger partial charge < -0.3 is 34.5 Å². The van der Waals surface area contributed by atoms with Crippen molar-refractivity contribution in [3.63, 3.8) is 0 Å². The molecule has 4 aliphatic carbocycles. The van der Waals surface area contributed by atoms with Crippen molar-refractivity contribution >= 4 is 30.4 Å². The molecule has 0 aromatic heterocycles. The molecule has 0 aromatic rings. The van der Waals surface area contributed by atoms with Crippen LogP contribution in [0.1, 0.15) is 144 Å². The first-order valence-electron chi connectivity index (χ1n) is 16.2. The number of hydrogen-bond acceptors (Lipinski definition) is 0. The monoisotopic (exact) mass is 626 g/mol. The second kappa shape index (κ2) is 19.7. The van der Waals surface area contributed by atoms with E-state index in [1.54, 1.807) is 128 Å². The zero-order valence-corrected chi connectivity index (χ0v) is 26.1. The largest absolute Gasteiger partial charge is 1.00 e. The Morgan fingerprint density at radius 2 is 0.550 bits per heavy atom. The molecule has 0 radical (unpaired) electrons. The predicted octanol–water partition coefficient (Wildman–Crippen LogP) is 12.9. The zero-order valence-electron chi connectivity index (χ0n) is 26.4. The molecule has 0 atom stereocenters. The molecule has 0 heterocycles. The zero-order chi connectivity index (χ0) is 29.4. The van der Waals surface area contributed by atoms with Crippen LogP contribution >= 0.6 is 15.8 Å². The van der Waals surface area contributed by atoms with Crippen molar-refractivity contribution in [1.29, 1.82) is 0 Å². The molecule has 0 aromatic carbocycles. The van der Waals surface area contributed by atoms with Gasteiger partial charge in [0, 0.05) is 0 Å². The number of halogens is 8. The lowest BCUT2D eigenvalue weighted by atomic mass is 9.99. The van der Waals surface area contributed by atoms with E-state index in [4.69, 9.17) is 0 Å². The van der Waals surface area contributed by atoms with Crippen molar-refractivity contribution in [3.8, 4) is 0 Å². The summed E-state index contributed by atoms with van der Waals surface area (Å²) in [5, 5.41) is 0. The Labute approximate surface area is 244 Å². The minimum atomic E-state index is -6.00. The summed E-state index contributed by atoms with van der Waals surface area (Å²) in [4.78, 5) is 0. The van der Waals surface area contributed by atoms with Crippen LogP contribution in [-0.2, 0) is 0 Å². The van der Waals surface area contributed by atoms with Gasteiger partial charge in [0.05, 0.1) is 0 Å². The van der Waals surface area contributed by atoms with E-state index in [-0.39, 0.29) is 2.85 Å². The van der Waals surface area contributed by atoms with E-state index in [1.165, 1.54) is 48.3 Å². The molecule has 4 rings (SSSR count). The van der Waals surface area contributed by atoms with Gasteiger partial charge in [-0.3, -0.25) is 0 Å². The average molecular weight is 626 g/mol. The highest BCUT2D eigenvalue weighted by molar-refractivity contribution is 7.59. The van der Waals surface area contributed by atoms with Crippen LogP contribution in [-0.4, -0.2) is 49.5 Å². The van der Waals surface area contributed by atoms with Gasteiger partial charge in [0.1, 0.15) is 0 Å². The highest BCUT2D eigenvalue weighted by Gasteiger charge is 2.32. The fourth-order valence-electron chi connectivity index (χ4n) is 7.57. The van der Waals surface area contributed by atoms with Crippen LogP contribution in [0.5, 0.6) is 0 Å². The van der Waals surface area contributed by atoms with Gasteiger partial charge >= 0.3 is 17.4 Å². The van der Waals surface area contributed by atoms with Crippen molar-refractivity contribution in [2.24, 2.45) is 0 Å². The van der Waals surface area contributed by atoms with Crippen LogP contribution in [0.3, 0.4) is 0 Å². The first-order chi connectivity index (χ1) is 18.9. The Morgan fingerprint density at radius 3 is 0.725 bits per heavy atom. The maximum atomic E-state index is 9.75. The molecule has 0 aliphatic heterocycles. The number of rotatable bonds is 9. The Hall–Kier alpha value is 0.430. The summed E-state index contributed by atoms with van der Waals surface area (Å²) in [6.07, 6.45) is 38.1. The average Bonchev–Trinajstić information content (AvgIpc) is 2.91. The Morgan fingerprint density at radius 1 is 0.375 bits per heavy atom. The maximum Gasteiger partial charge on any atom is 1.00 e. The predicted molar refractivity (Wildman–Crippen MR) is 163 cm³/mol. The summed E-state index contributed by atoms with van der Waals surface area (Å²) in [5.41, 5.74) is 4.70. The third-order valence-corrected chi connectivity index (χ3v) is 16.7. The van der Waals surface area contributed by atoms with Gasteiger partial charge in [0.15, 0.2) is 0 Å². The van der Waals surface area contributed by atoms with Gasteiger partial charge in [-0.1, -0.05) is 77.0 Å². The third-order valence-electron chi connectivity index (χ3n) is 9.26.